The lowest BCUT2D eigenvalue weighted by atomic mass is 10.2. The van der Waals surface area contributed by atoms with E-state index in [1.54, 1.807) is 4.68 Å². The van der Waals surface area contributed by atoms with E-state index in [4.69, 9.17) is 15.4 Å². The normalized spacial score (nSPS) is 21.4. The molecule has 0 saturated carbocycles. The van der Waals surface area contributed by atoms with Crippen molar-refractivity contribution in [2.24, 2.45) is 0 Å². The molecule has 0 amide bonds. The van der Waals surface area contributed by atoms with Crippen molar-refractivity contribution in [3.8, 4) is 0 Å². The van der Waals surface area contributed by atoms with Gasteiger partial charge in [0.25, 0.3) is 9.05 Å². The molecule has 1 atom stereocenters. The molecule has 1 aliphatic rings. The smallest absolute Gasteiger partial charge is 0.264 e. The second kappa shape index (κ2) is 4.73. The van der Waals surface area contributed by atoms with Crippen LogP contribution in [0.4, 0.5) is 0 Å². The predicted molar refractivity (Wildman–Crippen MR) is 58.9 cm³/mol. The van der Waals surface area contributed by atoms with E-state index in [-0.39, 0.29) is 11.0 Å². The van der Waals surface area contributed by atoms with E-state index in [1.165, 1.54) is 12.4 Å². The van der Waals surface area contributed by atoms with Crippen LogP contribution in [0.25, 0.3) is 0 Å². The number of hydrogen-bond acceptors (Lipinski definition) is 4. The third kappa shape index (κ3) is 2.96. The van der Waals surface area contributed by atoms with Crippen LogP contribution in [0.15, 0.2) is 17.3 Å². The van der Waals surface area contributed by atoms with Gasteiger partial charge in [0.15, 0.2) is 0 Å². The van der Waals surface area contributed by atoms with Crippen molar-refractivity contribution in [1.82, 2.24) is 9.78 Å². The van der Waals surface area contributed by atoms with Gasteiger partial charge in [-0.1, -0.05) is 0 Å². The highest BCUT2D eigenvalue weighted by Crippen LogP contribution is 2.17. The van der Waals surface area contributed by atoms with Gasteiger partial charge in [-0.3, -0.25) is 4.68 Å². The van der Waals surface area contributed by atoms with Crippen molar-refractivity contribution < 1.29 is 13.2 Å². The maximum Gasteiger partial charge on any atom is 0.264 e. The summed E-state index contributed by atoms with van der Waals surface area (Å²) in [4.78, 5) is 0.0431. The van der Waals surface area contributed by atoms with E-state index in [1.807, 2.05) is 0 Å². The fraction of sp³-hybridized carbons (Fsp3) is 0.667. The minimum absolute atomic E-state index is 0.0431. The first-order valence-electron chi connectivity index (χ1n) is 5.14. The van der Waals surface area contributed by atoms with E-state index in [0.717, 1.165) is 25.9 Å². The average Bonchev–Trinajstić information content (AvgIpc) is 2.85. The SMILES string of the molecule is O=S(=O)(Cl)c1cnn(CCC2CCCO2)c1. The van der Waals surface area contributed by atoms with Crippen LogP contribution in [-0.2, 0) is 20.3 Å². The molecule has 1 aromatic rings. The van der Waals surface area contributed by atoms with Crippen molar-refractivity contribution in [1.29, 1.82) is 0 Å². The third-order valence-corrected chi connectivity index (χ3v) is 3.90. The van der Waals surface area contributed by atoms with Gasteiger partial charge < -0.3 is 4.74 Å². The van der Waals surface area contributed by atoms with Crippen LogP contribution in [0.3, 0.4) is 0 Å². The molecular formula is C9H13ClN2O3S. The Morgan fingerprint density at radius 1 is 1.62 bits per heavy atom. The van der Waals surface area contributed by atoms with E-state index < -0.39 is 9.05 Å². The number of rotatable bonds is 4. The van der Waals surface area contributed by atoms with Gasteiger partial charge in [-0.2, -0.15) is 5.10 Å². The Hall–Kier alpha value is -0.590. The monoisotopic (exact) mass is 264 g/mol. The second-order valence-electron chi connectivity index (χ2n) is 3.80. The number of aryl methyl sites for hydroxylation is 1. The summed E-state index contributed by atoms with van der Waals surface area (Å²) < 4.78 is 29.0. The second-order valence-corrected chi connectivity index (χ2v) is 6.37. The molecule has 7 heteroatoms. The van der Waals surface area contributed by atoms with Crippen LogP contribution in [0.1, 0.15) is 19.3 Å². The Labute approximate surface area is 98.8 Å². The number of nitrogens with zero attached hydrogens (tertiary/aromatic N) is 2. The van der Waals surface area contributed by atoms with Gasteiger partial charge in [-0.25, -0.2) is 8.42 Å². The maximum atomic E-state index is 11.0. The van der Waals surface area contributed by atoms with Crippen molar-refractivity contribution in [3.05, 3.63) is 12.4 Å². The Kier molecular flexibility index (Phi) is 3.51. The number of halogens is 1. The topological polar surface area (TPSA) is 61.2 Å². The lowest BCUT2D eigenvalue weighted by molar-refractivity contribution is 0.0994. The highest BCUT2D eigenvalue weighted by molar-refractivity contribution is 8.13. The summed E-state index contributed by atoms with van der Waals surface area (Å²) in [5.74, 6) is 0. The summed E-state index contributed by atoms with van der Waals surface area (Å²) in [6, 6.07) is 0. The van der Waals surface area contributed by atoms with Crippen molar-refractivity contribution >= 4 is 19.7 Å². The van der Waals surface area contributed by atoms with E-state index in [2.05, 4.69) is 5.10 Å². The fourth-order valence-corrected chi connectivity index (χ4v) is 2.40. The number of aromatic nitrogens is 2. The van der Waals surface area contributed by atoms with Crippen LogP contribution < -0.4 is 0 Å². The zero-order valence-corrected chi connectivity index (χ0v) is 10.2. The van der Waals surface area contributed by atoms with Gasteiger partial charge in [0, 0.05) is 30.0 Å². The largest absolute Gasteiger partial charge is 0.378 e. The van der Waals surface area contributed by atoms with E-state index >= 15 is 0 Å². The van der Waals surface area contributed by atoms with Crippen molar-refractivity contribution in [2.75, 3.05) is 6.61 Å². The molecule has 0 aromatic carbocycles. The molecule has 0 aliphatic carbocycles. The highest BCUT2D eigenvalue weighted by Gasteiger charge is 2.16. The summed E-state index contributed by atoms with van der Waals surface area (Å²) in [6.07, 6.45) is 6.01. The molecule has 1 aromatic heterocycles. The summed E-state index contributed by atoms with van der Waals surface area (Å²) in [7, 11) is 1.53. The van der Waals surface area contributed by atoms with Gasteiger partial charge in [0.2, 0.25) is 0 Å². The molecule has 0 bridgehead atoms. The molecule has 5 nitrogen and oxygen atoms in total. The molecule has 16 heavy (non-hydrogen) atoms. The highest BCUT2D eigenvalue weighted by atomic mass is 35.7. The van der Waals surface area contributed by atoms with Crippen LogP contribution in [0.2, 0.25) is 0 Å². The van der Waals surface area contributed by atoms with Crippen molar-refractivity contribution in [3.63, 3.8) is 0 Å². The Morgan fingerprint density at radius 3 is 3.00 bits per heavy atom. The van der Waals surface area contributed by atoms with Crippen molar-refractivity contribution in [2.45, 2.75) is 36.8 Å². The van der Waals surface area contributed by atoms with Crippen LogP contribution in [0.5, 0.6) is 0 Å². The maximum absolute atomic E-state index is 11.0. The first-order valence-corrected chi connectivity index (χ1v) is 7.45. The van der Waals surface area contributed by atoms with E-state index in [9.17, 15) is 8.42 Å². The standard InChI is InChI=1S/C9H13ClN2O3S/c10-16(13,14)9-6-11-12(7-9)4-3-8-2-1-5-15-8/h6-8H,1-5H2. The molecule has 0 N–H and O–H groups in total. The molecule has 0 radical (unpaired) electrons. The molecule has 1 unspecified atom stereocenters. The third-order valence-electron chi connectivity index (χ3n) is 2.60. The zero-order chi connectivity index (χ0) is 11.6. The van der Waals surface area contributed by atoms with Gasteiger partial charge in [0.1, 0.15) is 4.90 Å². The van der Waals surface area contributed by atoms with Gasteiger partial charge in [-0.05, 0) is 19.3 Å². The summed E-state index contributed by atoms with van der Waals surface area (Å²) >= 11 is 0. The summed E-state index contributed by atoms with van der Waals surface area (Å²) in [6.45, 7) is 1.47. The first-order chi connectivity index (χ1) is 7.55. The fourth-order valence-electron chi connectivity index (χ4n) is 1.74. The molecule has 2 heterocycles. The predicted octanol–water partition coefficient (Wildman–Crippen LogP) is 1.38. The van der Waals surface area contributed by atoms with E-state index in [0.29, 0.717) is 6.54 Å². The Balaban J connectivity index is 1.92. The molecule has 90 valence electrons. The molecule has 1 aliphatic heterocycles. The van der Waals surface area contributed by atoms with Crippen LogP contribution >= 0.6 is 10.7 Å². The Bertz CT molecular complexity index is 451. The first kappa shape index (κ1) is 11.9. The number of hydrogen-bond donors (Lipinski definition) is 0. The Morgan fingerprint density at radius 2 is 2.44 bits per heavy atom. The molecule has 0 spiro atoms. The zero-order valence-electron chi connectivity index (χ0n) is 8.67. The van der Waals surface area contributed by atoms with Gasteiger partial charge >= 0.3 is 0 Å². The summed E-state index contributed by atoms with van der Waals surface area (Å²) in [5, 5.41) is 3.94. The lowest BCUT2D eigenvalue weighted by Gasteiger charge is -2.08. The molecular weight excluding hydrogens is 252 g/mol. The molecule has 1 saturated heterocycles. The van der Waals surface area contributed by atoms with Gasteiger partial charge in [-0.15, -0.1) is 0 Å². The molecule has 2 rings (SSSR count). The minimum atomic E-state index is -3.66. The van der Waals surface area contributed by atoms with Gasteiger partial charge in [0.05, 0.1) is 12.3 Å². The van der Waals surface area contributed by atoms with Crippen LogP contribution in [0, 0.1) is 0 Å². The summed E-state index contributed by atoms with van der Waals surface area (Å²) in [5.41, 5.74) is 0. The minimum Gasteiger partial charge on any atom is -0.378 e. The quantitative estimate of drug-likeness (QED) is 0.771. The average molecular weight is 265 g/mol. The molecule has 1 fully saturated rings. The lowest BCUT2D eigenvalue weighted by Crippen LogP contribution is -2.10. The number of ether oxygens (including phenoxy) is 1. The van der Waals surface area contributed by atoms with Crippen LogP contribution in [-0.4, -0.2) is 30.9 Å².